The van der Waals surface area contributed by atoms with Crippen LogP contribution in [0.15, 0.2) is 53.4 Å². The van der Waals surface area contributed by atoms with E-state index < -0.39 is 0 Å². The highest BCUT2D eigenvalue weighted by Crippen LogP contribution is 2.41. The minimum atomic E-state index is -0.226. The Morgan fingerprint density at radius 3 is 2.38 bits per heavy atom. The van der Waals surface area contributed by atoms with Crippen LogP contribution in [0.25, 0.3) is 11.6 Å². The molecule has 166 valence electrons. The number of thioether (sulfide) groups is 1. The smallest absolute Gasteiger partial charge is 0.293 e. The third kappa shape index (κ3) is 4.14. The van der Waals surface area contributed by atoms with Gasteiger partial charge in [0.2, 0.25) is 0 Å². The van der Waals surface area contributed by atoms with Crippen LogP contribution < -0.4 is 4.90 Å². The van der Waals surface area contributed by atoms with Crippen LogP contribution in [0.1, 0.15) is 56.9 Å². The number of amides is 2. The fraction of sp³-hybridized carbons (Fsp3) is 0.333. The first kappa shape index (κ1) is 22.4. The molecule has 1 fully saturated rings. The number of hydrogen-bond acceptors (Lipinski definition) is 4. The predicted octanol–water partition coefficient (Wildman–Crippen LogP) is 6.64. The lowest BCUT2D eigenvalue weighted by Gasteiger charge is -2.46. The molecule has 0 N–H and O–H groups in total. The Morgan fingerprint density at radius 2 is 1.72 bits per heavy atom. The molecule has 0 saturated carbocycles. The third-order valence-corrected chi connectivity index (χ3v) is 6.95. The summed E-state index contributed by atoms with van der Waals surface area (Å²) < 4.78 is 0. The number of rotatable bonds is 4. The van der Waals surface area contributed by atoms with Gasteiger partial charge in [-0.3, -0.25) is 14.5 Å². The van der Waals surface area contributed by atoms with E-state index in [0.29, 0.717) is 17.5 Å². The van der Waals surface area contributed by atoms with E-state index in [1.807, 2.05) is 43.3 Å². The molecule has 0 radical (unpaired) electrons. The molecular formula is C27H30N2O2S. The normalized spacial score (nSPS) is 19.1. The summed E-state index contributed by atoms with van der Waals surface area (Å²) in [6.07, 6.45) is 4.14. The fourth-order valence-electron chi connectivity index (χ4n) is 4.76. The monoisotopic (exact) mass is 446 g/mol. The molecule has 2 aliphatic heterocycles. The largest absolute Gasteiger partial charge is 0.360 e. The van der Waals surface area contributed by atoms with Crippen LogP contribution in [0, 0.1) is 6.92 Å². The van der Waals surface area contributed by atoms with Gasteiger partial charge in [0.1, 0.15) is 0 Å². The second-order valence-corrected chi connectivity index (χ2v) is 10.5. The van der Waals surface area contributed by atoms with Crippen molar-refractivity contribution in [2.24, 2.45) is 0 Å². The summed E-state index contributed by atoms with van der Waals surface area (Å²) in [4.78, 5) is 29.7. The van der Waals surface area contributed by atoms with E-state index >= 15 is 0 Å². The standard InChI is InChI=1S/C27H30N2O2S/c1-17(2)29-23-12-11-21(13-22(23)19(4)15-27(29,5)6)14-24-25(30)28(26(31)32-24)16-20-9-7-18(3)8-10-20/h7-15,17H,16H2,1-6H3/b24-14-. The van der Waals surface area contributed by atoms with Crippen LogP contribution in [-0.2, 0) is 11.3 Å². The molecule has 0 atom stereocenters. The zero-order valence-corrected chi connectivity index (χ0v) is 20.4. The summed E-state index contributed by atoms with van der Waals surface area (Å²) in [5.74, 6) is -0.226. The first-order valence-corrected chi connectivity index (χ1v) is 11.8. The molecular weight excluding hydrogens is 416 g/mol. The van der Waals surface area contributed by atoms with E-state index in [2.05, 4.69) is 57.7 Å². The minimum absolute atomic E-state index is 0.0641. The first-order valence-electron chi connectivity index (χ1n) is 11.0. The molecule has 0 spiro atoms. The highest BCUT2D eigenvalue weighted by atomic mass is 32.2. The van der Waals surface area contributed by atoms with Crippen LogP contribution in [0.2, 0.25) is 0 Å². The summed E-state index contributed by atoms with van der Waals surface area (Å²) in [5.41, 5.74) is 6.57. The quantitative estimate of drug-likeness (QED) is 0.494. The molecule has 0 bridgehead atoms. The van der Waals surface area contributed by atoms with Gasteiger partial charge in [-0.1, -0.05) is 42.0 Å². The van der Waals surface area contributed by atoms with Gasteiger partial charge in [-0.05, 0) is 88.2 Å². The number of nitrogens with zero attached hydrogens (tertiary/aromatic N) is 2. The van der Waals surface area contributed by atoms with Gasteiger partial charge in [0.25, 0.3) is 11.1 Å². The second-order valence-electron chi connectivity index (χ2n) is 9.47. The molecule has 2 amide bonds. The van der Waals surface area contributed by atoms with Crippen molar-refractivity contribution < 1.29 is 9.59 Å². The van der Waals surface area contributed by atoms with E-state index in [0.717, 1.165) is 28.5 Å². The van der Waals surface area contributed by atoms with Crippen LogP contribution in [-0.4, -0.2) is 27.6 Å². The number of benzene rings is 2. The van der Waals surface area contributed by atoms with E-state index in [1.165, 1.54) is 21.7 Å². The van der Waals surface area contributed by atoms with Crippen molar-refractivity contribution >= 4 is 40.2 Å². The van der Waals surface area contributed by atoms with Crippen molar-refractivity contribution in [3.8, 4) is 0 Å². The van der Waals surface area contributed by atoms with E-state index in [-0.39, 0.29) is 16.7 Å². The highest BCUT2D eigenvalue weighted by molar-refractivity contribution is 8.18. The minimum Gasteiger partial charge on any atom is -0.360 e. The maximum absolute atomic E-state index is 13.0. The highest BCUT2D eigenvalue weighted by Gasteiger charge is 2.36. The molecule has 2 aromatic rings. The zero-order chi connectivity index (χ0) is 23.2. The van der Waals surface area contributed by atoms with Crippen molar-refractivity contribution in [2.75, 3.05) is 4.90 Å². The molecule has 2 aromatic carbocycles. The van der Waals surface area contributed by atoms with Gasteiger partial charge in [0.15, 0.2) is 0 Å². The van der Waals surface area contributed by atoms with Gasteiger partial charge in [0, 0.05) is 17.3 Å². The Morgan fingerprint density at radius 1 is 1.03 bits per heavy atom. The number of carbonyl (C=O) groups excluding carboxylic acids is 2. The lowest BCUT2D eigenvalue weighted by Crippen LogP contribution is -2.49. The maximum atomic E-state index is 13.0. The van der Waals surface area contributed by atoms with Gasteiger partial charge in [-0.25, -0.2) is 0 Å². The van der Waals surface area contributed by atoms with Crippen molar-refractivity contribution in [1.82, 2.24) is 4.90 Å². The SMILES string of the molecule is CC1=CC(C)(C)N(C(C)C)c2ccc(/C=C3\SC(=O)N(Cc4ccc(C)cc4)C3=O)cc21. The zero-order valence-electron chi connectivity index (χ0n) is 19.6. The van der Waals surface area contributed by atoms with Crippen molar-refractivity contribution in [1.29, 1.82) is 0 Å². The topological polar surface area (TPSA) is 40.6 Å². The molecule has 4 nitrogen and oxygen atoms in total. The number of hydrogen-bond donors (Lipinski definition) is 0. The maximum Gasteiger partial charge on any atom is 0.293 e. The van der Waals surface area contributed by atoms with Crippen LogP contribution in [0.4, 0.5) is 10.5 Å². The molecule has 5 heteroatoms. The lowest BCUT2D eigenvalue weighted by molar-refractivity contribution is -0.123. The molecule has 32 heavy (non-hydrogen) atoms. The number of fused-ring (bicyclic) bond motifs is 1. The Balaban J connectivity index is 1.62. The summed E-state index contributed by atoms with van der Waals surface area (Å²) >= 11 is 1.02. The Hall–Kier alpha value is -2.79. The van der Waals surface area contributed by atoms with Crippen molar-refractivity contribution in [3.63, 3.8) is 0 Å². The molecule has 4 rings (SSSR count). The van der Waals surface area contributed by atoms with E-state index in [4.69, 9.17) is 0 Å². The van der Waals surface area contributed by atoms with Crippen LogP contribution in [0.3, 0.4) is 0 Å². The third-order valence-electron chi connectivity index (χ3n) is 6.04. The molecule has 2 heterocycles. The number of imide groups is 1. The van der Waals surface area contributed by atoms with E-state index in [1.54, 1.807) is 0 Å². The average Bonchev–Trinajstić information content (AvgIpc) is 2.96. The average molecular weight is 447 g/mol. The number of anilines is 1. The number of carbonyl (C=O) groups is 2. The Kier molecular flexibility index (Phi) is 5.80. The van der Waals surface area contributed by atoms with Crippen LogP contribution in [0.5, 0.6) is 0 Å². The van der Waals surface area contributed by atoms with E-state index in [9.17, 15) is 9.59 Å². The molecule has 0 aromatic heterocycles. The van der Waals surface area contributed by atoms with Gasteiger partial charge in [0.05, 0.1) is 17.0 Å². The Labute approximate surface area is 195 Å². The summed E-state index contributed by atoms with van der Waals surface area (Å²) in [6, 6.07) is 14.6. The van der Waals surface area contributed by atoms with Crippen molar-refractivity contribution in [2.45, 2.75) is 59.7 Å². The molecule has 0 aliphatic carbocycles. The van der Waals surface area contributed by atoms with Gasteiger partial charge in [-0.2, -0.15) is 0 Å². The summed E-state index contributed by atoms with van der Waals surface area (Å²) in [6.45, 7) is 13.3. The molecule has 1 saturated heterocycles. The lowest BCUT2D eigenvalue weighted by atomic mass is 9.87. The Bertz CT molecular complexity index is 1140. The second kappa shape index (κ2) is 8.28. The predicted molar refractivity (Wildman–Crippen MR) is 134 cm³/mol. The first-order chi connectivity index (χ1) is 15.1. The van der Waals surface area contributed by atoms with Crippen LogP contribution >= 0.6 is 11.8 Å². The van der Waals surface area contributed by atoms with Gasteiger partial charge < -0.3 is 4.90 Å². The summed E-state index contributed by atoms with van der Waals surface area (Å²) in [7, 11) is 0. The molecule has 2 aliphatic rings. The van der Waals surface area contributed by atoms with Gasteiger partial charge in [-0.15, -0.1) is 0 Å². The van der Waals surface area contributed by atoms with Gasteiger partial charge >= 0.3 is 0 Å². The summed E-state index contributed by atoms with van der Waals surface area (Å²) in [5, 5.41) is -0.219. The molecule has 0 unspecified atom stereocenters. The fourth-order valence-corrected chi connectivity index (χ4v) is 5.60. The van der Waals surface area contributed by atoms with Crippen molar-refractivity contribution in [3.05, 3.63) is 75.7 Å². The number of allylic oxidation sites excluding steroid dienone is 1. The number of aryl methyl sites for hydroxylation is 1.